The van der Waals surface area contributed by atoms with Gasteiger partial charge in [0, 0.05) is 23.7 Å². The van der Waals surface area contributed by atoms with Crippen LogP contribution in [-0.2, 0) is 13.2 Å². The molecule has 3 nitrogen and oxygen atoms in total. The smallest absolute Gasteiger partial charge is 0.163 e. The first-order valence-electron chi connectivity index (χ1n) is 8.36. The van der Waals surface area contributed by atoms with Crippen LogP contribution >= 0.6 is 11.6 Å². The van der Waals surface area contributed by atoms with E-state index in [9.17, 15) is 0 Å². The third-order valence-corrected chi connectivity index (χ3v) is 3.94. The summed E-state index contributed by atoms with van der Waals surface area (Å²) in [6.07, 6.45) is 0. The van der Waals surface area contributed by atoms with Gasteiger partial charge in [-0.3, -0.25) is 0 Å². The van der Waals surface area contributed by atoms with E-state index >= 15 is 0 Å². The summed E-state index contributed by atoms with van der Waals surface area (Å²) < 4.78 is 11.7. The highest BCUT2D eigenvalue weighted by atomic mass is 35.5. The van der Waals surface area contributed by atoms with Crippen molar-refractivity contribution in [3.8, 4) is 11.5 Å². The van der Waals surface area contributed by atoms with Crippen molar-refractivity contribution in [1.29, 1.82) is 0 Å². The van der Waals surface area contributed by atoms with Crippen LogP contribution in [0.5, 0.6) is 11.5 Å². The molecule has 0 atom stereocenters. The van der Waals surface area contributed by atoms with Gasteiger partial charge < -0.3 is 14.8 Å². The summed E-state index contributed by atoms with van der Waals surface area (Å²) >= 11 is 6.42. The molecular weight excluding hydrogens is 322 g/mol. The third-order valence-electron chi connectivity index (χ3n) is 3.59. The maximum absolute atomic E-state index is 6.42. The molecule has 0 amide bonds. The normalized spacial score (nSPS) is 10.9. The lowest BCUT2D eigenvalue weighted by Crippen LogP contribution is -2.22. The van der Waals surface area contributed by atoms with Crippen molar-refractivity contribution >= 4 is 11.6 Å². The molecule has 0 saturated carbocycles. The van der Waals surface area contributed by atoms with Crippen LogP contribution in [0.3, 0.4) is 0 Å². The predicted molar refractivity (Wildman–Crippen MR) is 100 cm³/mol. The van der Waals surface area contributed by atoms with Gasteiger partial charge in [0.15, 0.2) is 11.5 Å². The van der Waals surface area contributed by atoms with Crippen LogP contribution in [0.15, 0.2) is 36.4 Å². The summed E-state index contributed by atoms with van der Waals surface area (Å²) in [5.41, 5.74) is 3.35. The number of aryl methyl sites for hydroxylation is 1. The van der Waals surface area contributed by atoms with E-state index < -0.39 is 0 Å². The summed E-state index contributed by atoms with van der Waals surface area (Å²) in [5, 5.41) is 4.06. The second kappa shape index (κ2) is 8.95. The van der Waals surface area contributed by atoms with Gasteiger partial charge in [-0.1, -0.05) is 55.3 Å². The molecule has 0 unspecified atom stereocenters. The molecule has 0 aliphatic carbocycles. The third kappa shape index (κ3) is 5.43. The quantitative estimate of drug-likeness (QED) is 0.718. The molecule has 130 valence electrons. The fraction of sp³-hybridized carbons (Fsp3) is 0.400. The number of nitrogens with one attached hydrogen (secondary N) is 1. The van der Waals surface area contributed by atoms with Crippen LogP contribution in [0.4, 0.5) is 0 Å². The maximum atomic E-state index is 6.42. The van der Waals surface area contributed by atoms with Gasteiger partial charge in [-0.15, -0.1) is 0 Å². The van der Waals surface area contributed by atoms with E-state index in [1.54, 1.807) is 0 Å². The number of halogens is 1. The molecular formula is C20H26ClNO2. The molecule has 1 N–H and O–H groups in total. The van der Waals surface area contributed by atoms with Crippen LogP contribution < -0.4 is 14.8 Å². The lowest BCUT2D eigenvalue weighted by molar-refractivity contribution is 0.269. The van der Waals surface area contributed by atoms with Gasteiger partial charge in [0.1, 0.15) is 6.61 Å². The second-order valence-corrected chi connectivity index (χ2v) is 6.54. The van der Waals surface area contributed by atoms with Gasteiger partial charge in [0.05, 0.1) is 6.61 Å². The first-order chi connectivity index (χ1) is 11.5. The fourth-order valence-electron chi connectivity index (χ4n) is 2.37. The van der Waals surface area contributed by atoms with Crippen LogP contribution in [0.1, 0.15) is 37.5 Å². The van der Waals surface area contributed by atoms with Crippen LogP contribution in [0.2, 0.25) is 5.02 Å². The molecule has 2 aromatic rings. The Balaban J connectivity index is 2.16. The molecule has 24 heavy (non-hydrogen) atoms. The van der Waals surface area contributed by atoms with E-state index in [-0.39, 0.29) is 0 Å². The molecule has 0 aromatic heterocycles. The van der Waals surface area contributed by atoms with Crippen molar-refractivity contribution in [2.24, 2.45) is 0 Å². The Morgan fingerprint density at radius 1 is 1.08 bits per heavy atom. The second-order valence-electron chi connectivity index (χ2n) is 6.14. The lowest BCUT2D eigenvalue weighted by Gasteiger charge is -2.16. The number of hydrogen-bond donors (Lipinski definition) is 1. The summed E-state index contributed by atoms with van der Waals surface area (Å²) in [7, 11) is 0. The minimum absolute atomic E-state index is 0.397. The number of benzene rings is 2. The minimum Gasteiger partial charge on any atom is -0.490 e. The summed E-state index contributed by atoms with van der Waals surface area (Å²) in [6, 6.07) is 12.5. The Bertz CT molecular complexity index is 671. The van der Waals surface area contributed by atoms with Crippen molar-refractivity contribution in [1.82, 2.24) is 5.32 Å². The van der Waals surface area contributed by atoms with Crippen molar-refractivity contribution in [3.05, 3.63) is 58.1 Å². The SMILES string of the molecule is CCOc1cc(CNC(C)C)c(Cl)cc1OCc1cccc(C)c1. The molecule has 4 heteroatoms. The predicted octanol–water partition coefficient (Wildman–Crippen LogP) is 5.12. The monoisotopic (exact) mass is 347 g/mol. The van der Waals surface area contributed by atoms with E-state index in [1.807, 2.05) is 25.1 Å². The zero-order valence-electron chi connectivity index (χ0n) is 14.9. The van der Waals surface area contributed by atoms with Crippen LogP contribution in [0.25, 0.3) is 0 Å². The number of ether oxygens (including phenoxy) is 2. The molecule has 0 spiro atoms. The summed E-state index contributed by atoms with van der Waals surface area (Å²) in [5.74, 6) is 1.41. The summed E-state index contributed by atoms with van der Waals surface area (Å²) in [4.78, 5) is 0. The first-order valence-corrected chi connectivity index (χ1v) is 8.74. The van der Waals surface area contributed by atoms with Gasteiger partial charge in [-0.2, -0.15) is 0 Å². The molecule has 0 aliphatic heterocycles. The van der Waals surface area contributed by atoms with E-state index in [0.717, 1.165) is 16.9 Å². The maximum Gasteiger partial charge on any atom is 0.163 e. The highest BCUT2D eigenvalue weighted by Crippen LogP contribution is 2.34. The molecule has 0 aliphatic rings. The highest BCUT2D eigenvalue weighted by Gasteiger charge is 2.12. The Morgan fingerprint density at radius 2 is 1.83 bits per heavy atom. The average molecular weight is 348 g/mol. The molecule has 0 saturated heterocycles. The van der Waals surface area contributed by atoms with Crippen LogP contribution in [-0.4, -0.2) is 12.6 Å². The van der Waals surface area contributed by atoms with E-state index in [2.05, 4.69) is 44.3 Å². The standard InChI is InChI=1S/C20H26ClNO2/c1-5-23-19-10-17(12-22-14(2)3)18(21)11-20(19)24-13-16-8-6-7-15(4)9-16/h6-11,14,22H,5,12-13H2,1-4H3. The Hall–Kier alpha value is -1.71. The van der Waals surface area contributed by atoms with Gasteiger partial charge in [0.25, 0.3) is 0 Å². The van der Waals surface area contributed by atoms with E-state index in [1.165, 1.54) is 5.56 Å². The molecule has 0 fully saturated rings. The van der Waals surface area contributed by atoms with Crippen molar-refractivity contribution in [3.63, 3.8) is 0 Å². The van der Waals surface area contributed by atoms with Gasteiger partial charge >= 0.3 is 0 Å². The average Bonchev–Trinajstić information content (AvgIpc) is 2.53. The molecule has 0 bridgehead atoms. The lowest BCUT2D eigenvalue weighted by atomic mass is 10.1. The molecule has 2 aromatic carbocycles. The Morgan fingerprint density at radius 3 is 2.50 bits per heavy atom. The van der Waals surface area contributed by atoms with Crippen LogP contribution in [0, 0.1) is 6.92 Å². The van der Waals surface area contributed by atoms with E-state index in [4.69, 9.17) is 21.1 Å². The molecule has 2 rings (SSSR count). The molecule has 0 radical (unpaired) electrons. The Kier molecular flexibility index (Phi) is 6.95. The van der Waals surface area contributed by atoms with Gasteiger partial charge in [0.2, 0.25) is 0 Å². The van der Waals surface area contributed by atoms with Crippen molar-refractivity contribution in [2.75, 3.05) is 6.61 Å². The van der Waals surface area contributed by atoms with Gasteiger partial charge in [-0.25, -0.2) is 0 Å². The zero-order chi connectivity index (χ0) is 17.5. The fourth-order valence-corrected chi connectivity index (χ4v) is 2.59. The topological polar surface area (TPSA) is 30.5 Å². The number of rotatable bonds is 8. The van der Waals surface area contributed by atoms with E-state index in [0.29, 0.717) is 36.6 Å². The number of hydrogen-bond acceptors (Lipinski definition) is 3. The first kappa shape index (κ1) is 18.6. The summed E-state index contributed by atoms with van der Waals surface area (Å²) in [6.45, 7) is 10.0. The Labute approximate surface area is 149 Å². The van der Waals surface area contributed by atoms with Crippen molar-refractivity contribution < 1.29 is 9.47 Å². The van der Waals surface area contributed by atoms with Gasteiger partial charge in [-0.05, 0) is 31.0 Å². The molecule has 0 heterocycles. The zero-order valence-corrected chi connectivity index (χ0v) is 15.6. The van der Waals surface area contributed by atoms with Crippen molar-refractivity contribution in [2.45, 2.75) is 46.9 Å². The highest BCUT2D eigenvalue weighted by molar-refractivity contribution is 6.31. The largest absolute Gasteiger partial charge is 0.490 e. The minimum atomic E-state index is 0.397.